The van der Waals surface area contributed by atoms with E-state index in [9.17, 15) is 0 Å². The number of hydrogen-bond donors (Lipinski definition) is 1. The molecule has 0 saturated heterocycles. The first-order valence-corrected chi connectivity index (χ1v) is 5.15. The summed E-state index contributed by atoms with van der Waals surface area (Å²) in [6.07, 6.45) is 1.83. The van der Waals surface area contributed by atoms with E-state index in [2.05, 4.69) is 5.10 Å². The summed E-state index contributed by atoms with van der Waals surface area (Å²) in [6, 6.07) is 5.38. The molecule has 0 aliphatic heterocycles. The number of rotatable bonds is 2. The first kappa shape index (κ1) is 10.8. The summed E-state index contributed by atoms with van der Waals surface area (Å²) in [4.78, 5) is 0. The minimum atomic E-state index is 0.499. The van der Waals surface area contributed by atoms with Crippen LogP contribution in [0, 0.1) is 6.92 Å². The van der Waals surface area contributed by atoms with Crippen molar-refractivity contribution in [2.45, 2.75) is 6.92 Å². The highest BCUT2D eigenvalue weighted by Gasteiger charge is 2.08. The molecular formula is C11H12ClN3O. The maximum Gasteiger partial charge on any atom is 0.148 e. The van der Waals surface area contributed by atoms with Crippen molar-refractivity contribution in [3.05, 3.63) is 35.0 Å². The van der Waals surface area contributed by atoms with E-state index < -0.39 is 0 Å². The molecule has 0 radical (unpaired) electrons. The van der Waals surface area contributed by atoms with Crippen LogP contribution < -0.4 is 10.5 Å². The fraction of sp³-hybridized carbons (Fsp3) is 0.182. The van der Waals surface area contributed by atoms with Crippen molar-refractivity contribution in [2.75, 3.05) is 12.8 Å². The Balaban J connectivity index is 2.54. The van der Waals surface area contributed by atoms with Gasteiger partial charge in [-0.15, -0.1) is 0 Å². The van der Waals surface area contributed by atoms with E-state index in [1.54, 1.807) is 23.9 Å². The first-order valence-electron chi connectivity index (χ1n) is 4.77. The van der Waals surface area contributed by atoms with E-state index in [0.717, 1.165) is 17.0 Å². The van der Waals surface area contributed by atoms with Crippen LogP contribution in [-0.2, 0) is 0 Å². The van der Waals surface area contributed by atoms with Gasteiger partial charge in [-0.25, -0.2) is 4.68 Å². The van der Waals surface area contributed by atoms with Crippen LogP contribution in [0.4, 0.5) is 5.82 Å². The number of hydrogen-bond acceptors (Lipinski definition) is 3. The average molecular weight is 238 g/mol. The van der Waals surface area contributed by atoms with Gasteiger partial charge in [0, 0.05) is 17.8 Å². The minimum absolute atomic E-state index is 0.499. The van der Waals surface area contributed by atoms with Gasteiger partial charge in [-0.05, 0) is 19.1 Å². The van der Waals surface area contributed by atoms with Crippen molar-refractivity contribution in [1.82, 2.24) is 9.78 Å². The average Bonchev–Trinajstić information content (AvgIpc) is 2.60. The molecule has 0 aliphatic rings. The molecule has 0 spiro atoms. The summed E-state index contributed by atoms with van der Waals surface area (Å²) in [5.74, 6) is 1.23. The van der Waals surface area contributed by atoms with Gasteiger partial charge in [0.2, 0.25) is 0 Å². The fourth-order valence-corrected chi connectivity index (χ4v) is 1.60. The highest BCUT2D eigenvalue weighted by Crippen LogP contribution is 2.26. The fourth-order valence-electron chi connectivity index (χ4n) is 1.39. The lowest BCUT2D eigenvalue weighted by Gasteiger charge is -2.06. The van der Waals surface area contributed by atoms with Gasteiger partial charge < -0.3 is 10.5 Å². The number of aromatic nitrogens is 2. The summed E-state index contributed by atoms with van der Waals surface area (Å²) < 4.78 is 6.79. The Hall–Kier alpha value is -1.68. The molecule has 1 aromatic carbocycles. The van der Waals surface area contributed by atoms with E-state index in [0.29, 0.717) is 10.8 Å². The number of ether oxygens (including phenoxy) is 1. The van der Waals surface area contributed by atoms with Crippen LogP contribution in [0.5, 0.6) is 5.75 Å². The standard InChI is InChI=1S/C11H12ClN3O/c1-7-6-15(14-11(7)13)10-5-8(16-2)3-4-9(10)12/h3-6H,1-2H3,(H2,13,14). The zero-order valence-corrected chi connectivity index (χ0v) is 9.82. The van der Waals surface area contributed by atoms with Crippen LogP contribution in [0.25, 0.3) is 5.69 Å². The molecular weight excluding hydrogens is 226 g/mol. The normalized spacial score (nSPS) is 10.4. The Morgan fingerprint density at radius 3 is 2.75 bits per heavy atom. The van der Waals surface area contributed by atoms with Crippen LogP contribution in [-0.4, -0.2) is 16.9 Å². The Labute approximate surface area is 98.6 Å². The van der Waals surface area contributed by atoms with Crippen LogP contribution in [0.1, 0.15) is 5.56 Å². The maximum absolute atomic E-state index is 6.09. The molecule has 1 heterocycles. The van der Waals surface area contributed by atoms with E-state index in [1.807, 2.05) is 19.2 Å². The van der Waals surface area contributed by atoms with Gasteiger partial charge in [0.05, 0.1) is 17.8 Å². The third-order valence-electron chi connectivity index (χ3n) is 2.34. The van der Waals surface area contributed by atoms with Gasteiger partial charge in [0.25, 0.3) is 0 Å². The molecule has 0 fully saturated rings. The van der Waals surface area contributed by atoms with Gasteiger partial charge in [0.1, 0.15) is 11.6 Å². The molecule has 16 heavy (non-hydrogen) atoms. The third kappa shape index (κ3) is 1.84. The lowest BCUT2D eigenvalue weighted by molar-refractivity contribution is 0.414. The summed E-state index contributed by atoms with van der Waals surface area (Å²) in [5, 5.41) is 4.77. The van der Waals surface area contributed by atoms with Crippen molar-refractivity contribution in [1.29, 1.82) is 0 Å². The van der Waals surface area contributed by atoms with Crippen molar-refractivity contribution < 1.29 is 4.74 Å². The molecule has 1 aromatic heterocycles. The van der Waals surface area contributed by atoms with Gasteiger partial charge in [-0.3, -0.25) is 0 Å². The Morgan fingerprint density at radius 1 is 1.44 bits per heavy atom. The lowest BCUT2D eigenvalue weighted by atomic mass is 10.3. The molecule has 0 atom stereocenters. The Morgan fingerprint density at radius 2 is 2.19 bits per heavy atom. The van der Waals surface area contributed by atoms with Crippen LogP contribution >= 0.6 is 11.6 Å². The number of nitrogens with zero attached hydrogens (tertiary/aromatic N) is 2. The number of nitrogens with two attached hydrogens (primary N) is 1. The molecule has 0 amide bonds. The largest absolute Gasteiger partial charge is 0.497 e. The quantitative estimate of drug-likeness (QED) is 0.873. The smallest absolute Gasteiger partial charge is 0.148 e. The molecule has 4 nitrogen and oxygen atoms in total. The summed E-state index contributed by atoms with van der Waals surface area (Å²) in [6.45, 7) is 1.90. The van der Waals surface area contributed by atoms with Crippen molar-refractivity contribution in [2.24, 2.45) is 0 Å². The van der Waals surface area contributed by atoms with Gasteiger partial charge in [0.15, 0.2) is 0 Å². The highest BCUT2D eigenvalue weighted by molar-refractivity contribution is 6.32. The zero-order chi connectivity index (χ0) is 11.7. The number of anilines is 1. The van der Waals surface area contributed by atoms with E-state index in [1.165, 1.54) is 0 Å². The predicted molar refractivity (Wildman–Crippen MR) is 64.3 cm³/mol. The molecule has 2 aromatic rings. The Kier molecular flexibility index (Phi) is 2.75. The highest BCUT2D eigenvalue weighted by atomic mass is 35.5. The summed E-state index contributed by atoms with van der Waals surface area (Å²) in [7, 11) is 1.61. The van der Waals surface area contributed by atoms with E-state index >= 15 is 0 Å². The molecule has 5 heteroatoms. The third-order valence-corrected chi connectivity index (χ3v) is 2.66. The predicted octanol–water partition coefficient (Wildman–Crippen LogP) is 2.42. The number of methoxy groups -OCH3 is 1. The molecule has 2 rings (SSSR count). The molecule has 0 aliphatic carbocycles. The van der Waals surface area contributed by atoms with Gasteiger partial charge in [-0.2, -0.15) is 5.10 Å². The maximum atomic E-state index is 6.09. The minimum Gasteiger partial charge on any atom is -0.497 e. The van der Waals surface area contributed by atoms with E-state index in [-0.39, 0.29) is 0 Å². The number of nitrogen functional groups attached to an aromatic ring is 1. The Bertz CT molecular complexity index is 502. The first-order chi connectivity index (χ1) is 7.61. The topological polar surface area (TPSA) is 53.1 Å². The zero-order valence-electron chi connectivity index (χ0n) is 9.07. The SMILES string of the molecule is COc1ccc(Cl)c(-n2cc(C)c(N)n2)c1. The number of benzene rings is 1. The molecule has 0 bridgehead atoms. The van der Waals surface area contributed by atoms with Crippen LogP contribution in [0.15, 0.2) is 24.4 Å². The molecule has 0 saturated carbocycles. The number of halogens is 1. The van der Waals surface area contributed by atoms with E-state index in [4.69, 9.17) is 22.1 Å². The van der Waals surface area contributed by atoms with Crippen LogP contribution in [0.2, 0.25) is 5.02 Å². The number of aryl methyl sites for hydroxylation is 1. The second-order valence-electron chi connectivity index (χ2n) is 3.46. The molecule has 2 N–H and O–H groups in total. The van der Waals surface area contributed by atoms with Crippen molar-refractivity contribution in [3.63, 3.8) is 0 Å². The van der Waals surface area contributed by atoms with Gasteiger partial charge >= 0.3 is 0 Å². The molecule has 0 unspecified atom stereocenters. The second kappa shape index (κ2) is 4.06. The molecule has 84 valence electrons. The monoisotopic (exact) mass is 237 g/mol. The van der Waals surface area contributed by atoms with Gasteiger partial charge in [-0.1, -0.05) is 11.6 Å². The lowest BCUT2D eigenvalue weighted by Crippen LogP contribution is -1.97. The van der Waals surface area contributed by atoms with Crippen molar-refractivity contribution in [3.8, 4) is 11.4 Å². The second-order valence-corrected chi connectivity index (χ2v) is 3.87. The van der Waals surface area contributed by atoms with Crippen molar-refractivity contribution >= 4 is 17.4 Å². The summed E-state index contributed by atoms with van der Waals surface area (Å²) in [5.41, 5.74) is 7.36. The van der Waals surface area contributed by atoms with Crippen LogP contribution in [0.3, 0.4) is 0 Å². The summed E-state index contributed by atoms with van der Waals surface area (Å²) >= 11 is 6.09.